The maximum Gasteiger partial charge on any atom is 0.401 e. The summed E-state index contributed by atoms with van der Waals surface area (Å²) in [4.78, 5) is 7.97. The Labute approximate surface area is 91.6 Å². The second-order valence-electron chi connectivity index (χ2n) is 2.70. The fourth-order valence-corrected chi connectivity index (χ4v) is 1.19. The lowest BCUT2D eigenvalue weighted by atomic mass is 10.3. The first kappa shape index (κ1) is 10.9. The van der Waals surface area contributed by atoms with Crippen LogP contribution < -0.4 is 4.73 Å². The Morgan fingerprint density at radius 3 is 2.79 bits per heavy atom. The second-order valence-corrected chi connectivity index (χ2v) is 3.04. The van der Waals surface area contributed by atoms with Gasteiger partial charge in [-0.3, -0.25) is 0 Å². The first-order valence-electron chi connectivity index (χ1n) is 3.70. The minimum Gasteiger partial charge on any atom is -0.710 e. The van der Waals surface area contributed by atoms with E-state index in [0.717, 1.165) is 5.69 Å². The van der Waals surface area contributed by atoms with Gasteiger partial charge < -0.3 is 5.21 Å². The zero-order valence-electron chi connectivity index (χ0n) is 7.27. The van der Waals surface area contributed by atoms with Crippen LogP contribution in [0, 0.1) is 12.1 Å². The normalized spacial score (nSPS) is 9.86. The van der Waals surface area contributed by atoms with Gasteiger partial charge in [-0.1, -0.05) is 0 Å². The lowest BCUT2D eigenvalue weighted by Crippen LogP contribution is -2.28. The molecule has 0 N–H and O–H groups in total. The van der Waals surface area contributed by atoms with Crippen LogP contribution in [0.25, 0.3) is 11.0 Å². The number of rotatable bonds is 0. The molecule has 6 heteroatoms. The van der Waals surface area contributed by atoms with Gasteiger partial charge in [-0.2, -0.15) is 0 Å². The van der Waals surface area contributed by atoms with Gasteiger partial charge in [-0.15, -0.1) is 12.4 Å². The fourth-order valence-electron chi connectivity index (χ4n) is 1.06. The van der Waals surface area contributed by atoms with Crippen molar-refractivity contribution in [3.05, 3.63) is 34.5 Å². The quantitative estimate of drug-likeness (QED) is 0.394. The zero-order chi connectivity index (χ0) is 9.42. The Morgan fingerprint density at radius 1 is 1.36 bits per heavy atom. The van der Waals surface area contributed by atoms with E-state index in [-0.39, 0.29) is 17.7 Å². The minimum absolute atomic E-state index is 0. The molecule has 2 aromatic rings. The van der Waals surface area contributed by atoms with E-state index >= 15 is 0 Å². The van der Waals surface area contributed by atoms with Gasteiger partial charge in [0, 0.05) is 17.3 Å². The molecule has 0 radical (unpaired) electrons. The minimum atomic E-state index is -0.106. The highest BCUT2D eigenvalue weighted by Crippen LogP contribution is 2.09. The van der Waals surface area contributed by atoms with Crippen LogP contribution in [-0.2, 0) is 0 Å². The Kier molecular flexibility index (Phi) is 3.08. The molecule has 4 nitrogen and oxygen atoms in total. The largest absolute Gasteiger partial charge is 0.710 e. The van der Waals surface area contributed by atoms with Crippen molar-refractivity contribution in [2.45, 2.75) is 6.92 Å². The van der Waals surface area contributed by atoms with E-state index in [1.54, 1.807) is 6.07 Å². The second kappa shape index (κ2) is 3.94. The molecule has 0 saturated heterocycles. The SMILES string of the molecule is Cc1ccc2c[n+]([O-])c(Cl)nc2n1.Cl. The van der Waals surface area contributed by atoms with Crippen molar-refractivity contribution in [2.24, 2.45) is 0 Å². The molecule has 2 aromatic heterocycles. The Hall–Kier alpha value is -1.13. The summed E-state index contributed by atoms with van der Waals surface area (Å²) in [6.45, 7) is 1.85. The van der Waals surface area contributed by atoms with Crippen LogP contribution >= 0.6 is 24.0 Å². The molecule has 0 atom stereocenters. The highest BCUT2D eigenvalue weighted by molar-refractivity contribution is 6.27. The Morgan fingerprint density at radius 2 is 2.07 bits per heavy atom. The van der Waals surface area contributed by atoms with Gasteiger partial charge in [0.25, 0.3) is 5.65 Å². The number of hydrogen-bond acceptors (Lipinski definition) is 3. The molecular weight excluding hydrogens is 225 g/mol. The van der Waals surface area contributed by atoms with E-state index in [9.17, 15) is 5.21 Å². The average Bonchev–Trinajstić information content (AvgIpc) is 2.08. The molecule has 0 unspecified atom stereocenters. The van der Waals surface area contributed by atoms with Gasteiger partial charge in [-0.05, 0) is 24.0 Å². The molecule has 0 saturated carbocycles. The van der Waals surface area contributed by atoms with Crippen molar-refractivity contribution in [3.8, 4) is 0 Å². The third kappa shape index (κ3) is 1.86. The maximum absolute atomic E-state index is 11.0. The highest BCUT2D eigenvalue weighted by atomic mass is 35.5. The first-order chi connectivity index (χ1) is 6.16. The van der Waals surface area contributed by atoms with Gasteiger partial charge in [0.15, 0.2) is 0 Å². The lowest BCUT2D eigenvalue weighted by molar-refractivity contribution is -0.604. The van der Waals surface area contributed by atoms with Crippen LogP contribution in [0.4, 0.5) is 0 Å². The third-order valence-corrected chi connectivity index (χ3v) is 1.93. The van der Waals surface area contributed by atoms with Crippen LogP contribution in [-0.4, -0.2) is 9.97 Å². The lowest BCUT2D eigenvalue weighted by Gasteiger charge is -2.01. The third-order valence-electron chi connectivity index (χ3n) is 1.68. The van der Waals surface area contributed by atoms with Crippen LogP contribution in [0.5, 0.6) is 0 Å². The van der Waals surface area contributed by atoms with Crippen molar-refractivity contribution in [3.63, 3.8) is 0 Å². The summed E-state index contributed by atoms with van der Waals surface area (Å²) >= 11 is 5.54. The average molecular weight is 232 g/mol. The number of aromatic nitrogens is 3. The molecule has 14 heavy (non-hydrogen) atoms. The Bertz CT molecular complexity index is 475. The number of pyridine rings is 1. The molecule has 74 valence electrons. The molecule has 0 spiro atoms. The summed E-state index contributed by atoms with van der Waals surface area (Å²) < 4.78 is 0.515. The topological polar surface area (TPSA) is 52.7 Å². The van der Waals surface area contributed by atoms with E-state index in [1.807, 2.05) is 13.0 Å². The fraction of sp³-hybridized carbons (Fsp3) is 0.125. The number of nitrogens with zero attached hydrogens (tertiary/aromatic N) is 3. The summed E-state index contributed by atoms with van der Waals surface area (Å²) in [5.41, 5.74) is 1.34. The number of hydrogen-bond donors (Lipinski definition) is 0. The molecule has 0 aliphatic heterocycles. The summed E-state index contributed by atoms with van der Waals surface area (Å²) in [5.74, 6) is 0. The molecule has 0 bridgehead atoms. The van der Waals surface area contributed by atoms with Crippen LogP contribution in [0.15, 0.2) is 18.3 Å². The summed E-state index contributed by atoms with van der Waals surface area (Å²) in [7, 11) is 0. The van der Waals surface area contributed by atoms with Crippen molar-refractivity contribution in [1.29, 1.82) is 0 Å². The number of fused-ring (bicyclic) bond motifs is 1. The predicted octanol–water partition coefficient (Wildman–Crippen LogP) is 1.65. The van der Waals surface area contributed by atoms with Crippen molar-refractivity contribution >= 4 is 35.0 Å². The van der Waals surface area contributed by atoms with E-state index in [4.69, 9.17) is 11.6 Å². The first-order valence-corrected chi connectivity index (χ1v) is 4.08. The number of halogens is 2. The van der Waals surface area contributed by atoms with Gasteiger partial charge in [-0.25, -0.2) is 9.71 Å². The van der Waals surface area contributed by atoms with E-state index in [1.165, 1.54) is 6.20 Å². The van der Waals surface area contributed by atoms with Crippen molar-refractivity contribution in [1.82, 2.24) is 9.97 Å². The molecule has 0 aliphatic carbocycles. The highest BCUT2D eigenvalue weighted by Gasteiger charge is 2.08. The standard InChI is InChI=1S/C8H6ClN3O.ClH/c1-5-2-3-6-4-12(13)8(9)11-7(6)10-5;/h2-4H,1H3;1H. The van der Waals surface area contributed by atoms with Crippen LogP contribution in [0.2, 0.25) is 5.28 Å². The summed E-state index contributed by atoms with van der Waals surface area (Å²) in [5, 5.41) is 11.6. The van der Waals surface area contributed by atoms with Crippen molar-refractivity contribution in [2.75, 3.05) is 0 Å². The smallest absolute Gasteiger partial charge is 0.401 e. The van der Waals surface area contributed by atoms with Gasteiger partial charge in [0.05, 0.1) is 5.39 Å². The molecule has 2 rings (SSSR count). The van der Waals surface area contributed by atoms with E-state index in [0.29, 0.717) is 15.8 Å². The van der Waals surface area contributed by atoms with Gasteiger partial charge in [0.2, 0.25) is 0 Å². The maximum atomic E-state index is 11.0. The summed E-state index contributed by atoms with van der Waals surface area (Å²) in [6.07, 6.45) is 1.36. The zero-order valence-corrected chi connectivity index (χ0v) is 8.84. The monoisotopic (exact) mass is 231 g/mol. The molecular formula is C8H7Cl2N3O. The van der Waals surface area contributed by atoms with Gasteiger partial charge in [0.1, 0.15) is 6.20 Å². The molecule has 0 amide bonds. The van der Waals surface area contributed by atoms with Crippen LogP contribution in [0.1, 0.15) is 5.69 Å². The van der Waals surface area contributed by atoms with Crippen molar-refractivity contribution < 1.29 is 4.73 Å². The molecule has 2 heterocycles. The molecule has 0 aliphatic rings. The number of aryl methyl sites for hydroxylation is 1. The van der Waals surface area contributed by atoms with Gasteiger partial charge >= 0.3 is 5.28 Å². The predicted molar refractivity (Wildman–Crippen MR) is 55.5 cm³/mol. The molecule has 0 aromatic carbocycles. The Balaban J connectivity index is 0.000000980. The van der Waals surface area contributed by atoms with E-state index in [2.05, 4.69) is 9.97 Å². The molecule has 0 fully saturated rings. The van der Waals surface area contributed by atoms with E-state index < -0.39 is 0 Å². The van der Waals surface area contributed by atoms with Crippen LogP contribution in [0.3, 0.4) is 0 Å². The summed E-state index contributed by atoms with van der Waals surface area (Å²) in [6, 6.07) is 3.60.